The zero-order valence-electron chi connectivity index (χ0n) is 9.12. The van der Waals surface area contributed by atoms with Gasteiger partial charge in [0, 0.05) is 6.61 Å². The smallest absolute Gasteiger partial charge is 0.0547 e. The first-order valence-electron chi connectivity index (χ1n) is 5.39. The van der Waals surface area contributed by atoms with Crippen molar-refractivity contribution < 1.29 is 4.74 Å². The second-order valence-corrected chi connectivity index (χ2v) is 3.57. The van der Waals surface area contributed by atoms with Crippen molar-refractivity contribution in [2.45, 2.75) is 39.2 Å². The molecule has 14 heavy (non-hydrogen) atoms. The quantitative estimate of drug-likeness (QED) is 0.670. The van der Waals surface area contributed by atoms with E-state index in [1.165, 1.54) is 12.0 Å². The fourth-order valence-corrected chi connectivity index (χ4v) is 1.55. The van der Waals surface area contributed by atoms with Gasteiger partial charge in [0.1, 0.15) is 0 Å². The predicted molar refractivity (Wildman–Crippen MR) is 59.3 cm³/mol. The van der Waals surface area contributed by atoms with E-state index < -0.39 is 0 Å². The van der Waals surface area contributed by atoms with Gasteiger partial charge in [-0.2, -0.15) is 0 Å². The molecule has 1 radical (unpaired) electrons. The summed E-state index contributed by atoms with van der Waals surface area (Å²) >= 11 is 0. The van der Waals surface area contributed by atoms with Crippen molar-refractivity contribution in [1.29, 1.82) is 0 Å². The van der Waals surface area contributed by atoms with Gasteiger partial charge in [-0.3, -0.25) is 0 Å². The molecule has 0 aliphatic carbocycles. The maximum Gasteiger partial charge on any atom is 0.0547 e. The Kier molecular flexibility index (Phi) is 5.31. The van der Waals surface area contributed by atoms with Gasteiger partial charge in [0.15, 0.2) is 0 Å². The number of hydrogen-bond donors (Lipinski definition) is 0. The fourth-order valence-electron chi connectivity index (χ4n) is 1.55. The highest BCUT2D eigenvalue weighted by Crippen LogP contribution is 2.07. The Morgan fingerprint density at radius 3 is 2.71 bits per heavy atom. The van der Waals surface area contributed by atoms with E-state index in [-0.39, 0.29) is 0 Å². The Morgan fingerprint density at radius 1 is 1.36 bits per heavy atom. The van der Waals surface area contributed by atoms with Crippen molar-refractivity contribution in [3.05, 3.63) is 35.9 Å². The van der Waals surface area contributed by atoms with Crippen LogP contribution in [0.2, 0.25) is 0 Å². The number of aryl methyl sites for hydroxylation is 1. The SMILES string of the molecule is CCOC(C)CCCc1cc[c]cc1. The molecule has 77 valence electrons. The molecule has 0 saturated carbocycles. The molecule has 0 N–H and O–H groups in total. The Morgan fingerprint density at radius 2 is 2.07 bits per heavy atom. The second-order valence-electron chi connectivity index (χ2n) is 3.57. The molecule has 1 aromatic carbocycles. The predicted octanol–water partition coefficient (Wildman–Crippen LogP) is 3.23. The normalized spacial score (nSPS) is 12.7. The first kappa shape index (κ1) is 11.3. The van der Waals surface area contributed by atoms with Crippen LogP contribution in [-0.4, -0.2) is 12.7 Å². The number of hydrogen-bond acceptors (Lipinski definition) is 1. The highest BCUT2D eigenvalue weighted by Gasteiger charge is 2.00. The molecule has 0 bridgehead atoms. The summed E-state index contributed by atoms with van der Waals surface area (Å²) in [6.45, 7) is 5.01. The third-order valence-electron chi connectivity index (χ3n) is 2.31. The molecule has 1 nitrogen and oxygen atoms in total. The minimum Gasteiger partial charge on any atom is -0.379 e. The van der Waals surface area contributed by atoms with Crippen molar-refractivity contribution >= 4 is 0 Å². The second kappa shape index (κ2) is 6.61. The van der Waals surface area contributed by atoms with Gasteiger partial charge >= 0.3 is 0 Å². The van der Waals surface area contributed by atoms with Gasteiger partial charge in [-0.1, -0.05) is 24.3 Å². The summed E-state index contributed by atoms with van der Waals surface area (Å²) in [7, 11) is 0. The van der Waals surface area contributed by atoms with Crippen molar-refractivity contribution in [1.82, 2.24) is 0 Å². The van der Waals surface area contributed by atoms with E-state index in [4.69, 9.17) is 4.74 Å². The van der Waals surface area contributed by atoms with E-state index in [2.05, 4.69) is 25.1 Å². The first-order chi connectivity index (χ1) is 6.83. The summed E-state index contributed by atoms with van der Waals surface area (Å²) < 4.78 is 5.47. The van der Waals surface area contributed by atoms with E-state index in [0.29, 0.717) is 6.10 Å². The lowest BCUT2D eigenvalue weighted by Gasteiger charge is -2.10. The topological polar surface area (TPSA) is 9.23 Å². The van der Waals surface area contributed by atoms with E-state index in [9.17, 15) is 0 Å². The van der Waals surface area contributed by atoms with Crippen LogP contribution in [0.5, 0.6) is 0 Å². The van der Waals surface area contributed by atoms with Crippen LogP contribution in [0.4, 0.5) is 0 Å². The van der Waals surface area contributed by atoms with Gasteiger partial charge in [0.05, 0.1) is 6.10 Å². The van der Waals surface area contributed by atoms with E-state index in [0.717, 1.165) is 19.4 Å². The van der Waals surface area contributed by atoms with Crippen molar-refractivity contribution in [2.75, 3.05) is 6.61 Å². The Balaban J connectivity index is 2.16. The minimum atomic E-state index is 0.398. The van der Waals surface area contributed by atoms with Crippen LogP contribution < -0.4 is 0 Å². The maximum absolute atomic E-state index is 5.47. The van der Waals surface area contributed by atoms with Crippen LogP contribution in [0.25, 0.3) is 0 Å². The van der Waals surface area contributed by atoms with Crippen molar-refractivity contribution in [3.8, 4) is 0 Å². The van der Waals surface area contributed by atoms with Crippen LogP contribution in [0.15, 0.2) is 24.3 Å². The number of rotatable bonds is 6. The van der Waals surface area contributed by atoms with Crippen LogP contribution >= 0.6 is 0 Å². The standard InChI is InChI=1S/C13H19O/c1-3-14-12(2)8-7-11-13-9-5-4-6-10-13/h5-6,9-10,12H,3,7-8,11H2,1-2H3. The van der Waals surface area contributed by atoms with Gasteiger partial charge < -0.3 is 4.74 Å². The molecule has 0 amide bonds. The monoisotopic (exact) mass is 191 g/mol. The average molecular weight is 191 g/mol. The van der Waals surface area contributed by atoms with Crippen LogP contribution in [0.1, 0.15) is 32.3 Å². The molecular weight excluding hydrogens is 172 g/mol. The maximum atomic E-state index is 5.47. The molecule has 0 aromatic heterocycles. The highest BCUT2D eigenvalue weighted by molar-refractivity contribution is 5.13. The number of ether oxygens (including phenoxy) is 1. The van der Waals surface area contributed by atoms with E-state index in [1.54, 1.807) is 0 Å². The summed E-state index contributed by atoms with van der Waals surface area (Å²) in [5.41, 5.74) is 1.40. The lowest BCUT2D eigenvalue weighted by Crippen LogP contribution is -2.07. The van der Waals surface area contributed by atoms with Gasteiger partial charge in [0.2, 0.25) is 0 Å². The highest BCUT2D eigenvalue weighted by atomic mass is 16.5. The molecule has 0 spiro atoms. The van der Waals surface area contributed by atoms with Crippen molar-refractivity contribution in [2.24, 2.45) is 0 Å². The molecule has 1 aromatic rings. The molecule has 0 saturated heterocycles. The fraction of sp³-hybridized carbons (Fsp3) is 0.538. The summed E-state index contributed by atoms with van der Waals surface area (Å²) in [6, 6.07) is 11.2. The molecule has 0 heterocycles. The van der Waals surface area contributed by atoms with Gasteiger partial charge in [-0.15, -0.1) is 0 Å². The van der Waals surface area contributed by atoms with Crippen LogP contribution in [-0.2, 0) is 11.2 Å². The summed E-state index contributed by atoms with van der Waals surface area (Å²) in [5.74, 6) is 0. The third-order valence-corrected chi connectivity index (χ3v) is 2.31. The molecule has 1 unspecified atom stereocenters. The number of benzene rings is 1. The Hall–Kier alpha value is -0.820. The van der Waals surface area contributed by atoms with E-state index in [1.807, 2.05) is 19.1 Å². The zero-order chi connectivity index (χ0) is 10.2. The zero-order valence-corrected chi connectivity index (χ0v) is 9.12. The summed E-state index contributed by atoms with van der Waals surface area (Å²) in [6.07, 6.45) is 3.89. The van der Waals surface area contributed by atoms with E-state index >= 15 is 0 Å². The molecule has 0 aliphatic heterocycles. The third kappa shape index (κ3) is 4.43. The molecule has 1 atom stereocenters. The lowest BCUT2D eigenvalue weighted by atomic mass is 10.1. The van der Waals surface area contributed by atoms with Gasteiger partial charge in [-0.25, -0.2) is 0 Å². The largest absolute Gasteiger partial charge is 0.379 e. The molecular formula is C13H19O. The van der Waals surface area contributed by atoms with Crippen LogP contribution in [0, 0.1) is 6.07 Å². The van der Waals surface area contributed by atoms with Crippen LogP contribution in [0.3, 0.4) is 0 Å². The minimum absolute atomic E-state index is 0.398. The average Bonchev–Trinajstić information content (AvgIpc) is 2.20. The Bertz CT molecular complexity index is 230. The first-order valence-corrected chi connectivity index (χ1v) is 5.39. The Labute approximate surface area is 87.1 Å². The lowest BCUT2D eigenvalue weighted by molar-refractivity contribution is 0.0690. The summed E-state index contributed by atoms with van der Waals surface area (Å²) in [5, 5.41) is 0. The molecule has 1 rings (SSSR count). The van der Waals surface area contributed by atoms with Gasteiger partial charge in [0.25, 0.3) is 0 Å². The molecule has 0 aliphatic rings. The van der Waals surface area contributed by atoms with Gasteiger partial charge in [-0.05, 0) is 44.7 Å². The van der Waals surface area contributed by atoms with Crippen molar-refractivity contribution in [3.63, 3.8) is 0 Å². The molecule has 1 heteroatoms. The summed E-state index contributed by atoms with van der Waals surface area (Å²) in [4.78, 5) is 0. The molecule has 0 fully saturated rings.